The fraction of sp³-hybridized carbons (Fsp3) is 0.933. The van der Waals surface area contributed by atoms with Crippen LogP contribution in [0.4, 0.5) is 0 Å². The molecule has 0 spiro atoms. The van der Waals surface area contributed by atoms with Crippen LogP contribution in [0, 0.1) is 5.92 Å². The van der Waals surface area contributed by atoms with Crippen molar-refractivity contribution in [3.05, 3.63) is 0 Å². The van der Waals surface area contributed by atoms with E-state index in [2.05, 4.69) is 24.1 Å². The Morgan fingerprint density at radius 2 is 2.05 bits per heavy atom. The first-order valence-electron chi connectivity index (χ1n) is 7.72. The Morgan fingerprint density at radius 3 is 2.58 bits per heavy atom. The topological polar surface area (TPSA) is 58.4 Å². The van der Waals surface area contributed by atoms with E-state index in [4.69, 9.17) is 5.73 Å². The number of unbranched alkanes of at least 4 members (excludes halogenated alkanes) is 1. The number of hydrogen-bond acceptors (Lipinski definition) is 3. The number of amides is 1. The van der Waals surface area contributed by atoms with Gasteiger partial charge in [0.05, 0.1) is 6.54 Å². The van der Waals surface area contributed by atoms with Crippen molar-refractivity contribution in [2.75, 3.05) is 26.7 Å². The van der Waals surface area contributed by atoms with E-state index < -0.39 is 0 Å². The Morgan fingerprint density at radius 1 is 1.42 bits per heavy atom. The van der Waals surface area contributed by atoms with Gasteiger partial charge in [0, 0.05) is 18.6 Å². The molecule has 3 N–H and O–H groups in total. The van der Waals surface area contributed by atoms with E-state index in [0.717, 1.165) is 38.1 Å². The van der Waals surface area contributed by atoms with Crippen LogP contribution in [0.2, 0.25) is 0 Å². The first kappa shape index (κ1) is 16.4. The van der Waals surface area contributed by atoms with E-state index >= 15 is 0 Å². The zero-order valence-electron chi connectivity index (χ0n) is 12.9. The molecule has 4 heteroatoms. The summed E-state index contributed by atoms with van der Waals surface area (Å²) >= 11 is 0. The maximum atomic E-state index is 11.9. The molecule has 0 aromatic heterocycles. The summed E-state index contributed by atoms with van der Waals surface area (Å²) in [6.07, 6.45) is 6.83. The molecule has 0 aromatic rings. The second-order valence-electron chi connectivity index (χ2n) is 6.17. The van der Waals surface area contributed by atoms with Gasteiger partial charge in [0.2, 0.25) is 5.91 Å². The molecular weight excluding hydrogens is 238 g/mol. The molecular formula is C15H31N3O. The lowest BCUT2D eigenvalue weighted by molar-refractivity contribution is -0.123. The first-order valence-corrected chi connectivity index (χ1v) is 7.72. The molecule has 0 aliphatic heterocycles. The molecule has 0 atom stereocenters. The predicted molar refractivity (Wildman–Crippen MR) is 80.0 cm³/mol. The van der Waals surface area contributed by atoms with Crippen LogP contribution >= 0.6 is 0 Å². The molecule has 1 aliphatic rings. The molecule has 1 aliphatic carbocycles. The molecule has 1 amide bonds. The van der Waals surface area contributed by atoms with E-state index in [0.29, 0.717) is 13.1 Å². The maximum Gasteiger partial charge on any atom is 0.234 e. The van der Waals surface area contributed by atoms with E-state index in [1.54, 1.807) is 0 Å². The summed E-state index contributed by atoms with van der Waals surface area (Å²) in [7, 11) is 2.04. The van der Waals surface area contributed by atoms with Gasteiger partial charge in [-0.15, -0.1) is 0 Å². The quantitative estimate of drug-likeness (QED) is 0.692. The SMILES string of the molecule is CCCCNC(=O)CN(C)C1(CN)CCC(C)CC1. The minimum absolute atomic E-state index is 0.0363. The van der Waals surface area contributed by atoms with Crippen molar-refractivity contribution in [2.24, 2.45) is 11.7 Å². The van der Waals surface area contributed by atoms with Crippen LogP contribution in [0.3, 0.4) is 0 Å². The largest absolute Gasteiger partial charge is 0.355 e. The van der Waals surface area contributed by atoms with Crippen molar-refractivity contribution in [1.82, 2.24) is 10.2 Å². The third-order valence-corrected chi connectivity index (χ3v) is 4.63. The van der Waals surface area contributed by atoms with Crippen LogP contribution in [-0.4, -0.2) is 43.0 Å². The number of rotatable bonds is 7. The summed E-state index contributed by atoms with van der Waals surface area (Å²) in [5.41, 5.74) is 6.04. The summed E-state index contributed by atoms with van der Waals surface area (Å²) < 4.78 is 0. The highest BCUT2D eigenvalue weighted by Gasteiger charge is 2.37. The van der Waals surface area contributed by atoms with Crippen LogP contribution in [0.25, 0.3) is 0 Å². The van der Waals surface area contributed by atoms with Gasteiger partial charge in [-0.25, -0.2) is 0 Å². The summed E-state index contributed by atoms with van der Waals surface area (Å²) in [5.74, 6) is 0.925. The van der Waals surface area contributed by atoms with Gasteiger partial charge in [-0.3, -0.25) is 9.69 Å². The van der Waals surface area contributed by atoms with Crippen molar-refractivity contribution in [1.29, 1.82) is 0 Å². The fourth-order valence-electron chi connectivity index (χ4n) is 2.88. The summed E-state index contributed by atoms with van der Waals surface area (Å²) in [5, 5.41) is 2.98. The highest BCUT2D eigenvalue weighted by molar-refractivity contribution is 5.78. The minimum atomic E-state index is 0.0363. The number of carbonyl (C=O) groups is 1. The van der Waals surface area contributed by atoms with Gasteiger partial charge in [-0.1, -0.05) is 20.3 Å². The first-order chi connectivity index (χ1) is 9.04. The van der Waals surface area contributed by atoms with Crippen molar-refractivity contribution < 1.29 is 4.79 Å². The van der Waals surface area contributed by atoms with E-state index in [9.17, 15) is 4.79 Å². The standard InChI is InChI=1S/C15H31N3O/c1-4-5-10-17-14(19)11-18(3)15(12-16)8-6-13(2)7-9-15/h13H,4-12,16H2,1-3H3,(H,17,19). The minimum Gasteiger partial charge on any atom is -0.355 e. The van der Waals surface area contributed by atoms with Crippen molar-refractivity contribution in [3.8, 4) is 0 Å². The number of nitrogens with zero attached hydrogens (tertiary/aromatic N) is 1. The van der Waals surface area contributed by atoms with Crippen LogP contribution in [0.15, 0.2) is 0 Å². The molecule has 0 radical (unpaired) electrons. The Bertz CT molecular complexity index is 273. The van der Waals surface area contributed by atoms with Crippen molar-refractivity contribution in [2.45, 2.75) is 57.9 Å². The summed E-state index contributed by atoms with van der Waals surface area (Å²) in [4.78, 5) is 14.1. The number of nitrogens with one attached hydrogen (secondary N) is 1. The summed E-state index contributed by atoms with van der Waals surface area (Å²) in [6.45, 7) is 6.34. The monoisotopic (exact) mass is 269 g/mol. The van der Waals surface area contributed by atoms with Crippen LogP contribution in [0.1, 0.15) is 52.4 Å². The van der Waals surface area contributed by atoms with Gasteiger partial charge in [-0.05, 0) is 45.1 Å². The molecule has 19 heavy (non-hydrogen) atoms. The highest BCUT2D eigenvalue weighted by Crippen LogP contribution is 2.34. The third-order valence-electron chi connectivity index (χ3n) is 4.63. The van der Waals surface area contributed by atoms with Crippen LogP contribution in [-0.2, 0) is 4.79 Å². The number of likely N-dealkylation sites (N-methyl/N-ethyl adjacent to an activating group) is 1. The van der Waals surface area contributed by atoms with Gasteiger partial charge in [0.15, 0.2) is 0 Å². The lowest BCUT2D eigenvalue weighted by atomic mass is 9.76. The normalized spacial score (nSPS) is 27.5. The zero-order valence-corrected chi connectivity index (χ0v) is 12.9. The molecule has 0 bridgehead atoms. The fourth-order valence-corrected chi connectivity index (χ4v) is 2.88. The van der Waals surface area contributed by atoms with Gasteiger partial charge in [0.1, 0.15) is 0 Å². The molecule has 112 valence electrons. The number of hydrogen-bond donors (Lipinski definition) is 2. The second-order valence-corrected chi connectivity index (χ2v) is 6.17. The average molecular weight is 269 g/mol. The summed E-state index contributed by atoms with van der Waals surface area (Å²) in [6, 6.07) is 0. The van der Waals surface area contributed by atoms with Gasteiger partial charge in [0.25, 0.3) is 0 Å². The van der Waals surface area contributed by atoms with Gasteiger partial charge < -0.3 is 11.1 Å². The zero-order chi connectivity index (χ0) is 14.3. The number of carbonyl (C=O) groups excluding carboxylic acids is 1. The van der Waals surface area contributed by atoms with Crippen LogP contribution < -0.4 is 11.1 Å². The molecule has 0 aromatic carbocycles. The van der Waals surface area contributed by atoms with E-state index in [-0.39, 0.29) is 11.4 Å². The molecule has 1 saturated carbocycles. The molecule has 0 heterocycles. The molecule has 0 unspecified atom stereocenters. The second kappa shape index (κ2) is 7.85. The Kier molecular flexibility index (Phi) is 6.80. The Hall–Kier alpha value is -0.610. The van der Waals surface area contributed by atoms with Crippen molar-refractivity contribution >= 4 is 5.91 Å². The Labute approximate surface area is 118 Å². The van der Waals surface area contributed by atoms with Gasteiger partial charge in [-0.2, -0.15) is 0 Å². The third kappa shape index (κ3) is 4.77. The number of nitrogens with two attached hydrogens (primary N) is 1. The smallest absolute Gasteiger partial charge is 0.234 e. The van der Waals surface area contributed by atoms with Crippen molar-refractivity contribution in [3.63, 3.8) is 0 Å². The molecule has 0 saturated heterocycles. The molecule has 4 nitrogen and oxygen atoms in total. The Balaban J connectivity index is 2.45. The van der Waals surface area contributed by atoms with E-state index in [1.807, 2.05) is 7.05 Å². The molecule has 1 rings (SSSR count). The maximum absolute atomic E-state index is 11.9. The lowest BCUT2D eigenvalue weighted by Gasteiger charge is -2.45. The average Bonchev–Trinajstić information content (AvgIpc) is 2.40. The predicted octanol–water partition coefficient (Wildman–Crippen LogP) is 1.74. The lowest BCUT2D eigenvalue weighted by Crippen LogP contribution is -2.56. The highest BCUT2D eigenvalue weighted by atomic mass is 16.2. The van der Waals surface area contributed by atoms with Gasteiger partial charge >= 0.3 is 0 Å². The molecule has 1 fully saturated rings. The van der Waals surface area contributed by atoms with Crippen LogP contribution in [0.5, 0.6) is 0 Å². The van der Waals surface area contributed by atoms with E-state index in [1.165, 1.54) is 12.8 Å².